The molecule has 0 aromatic heterocycles. The largest absolute Gasteiger partial charge is 0.338 e. The minimum absolute atomic E-state index is 0.0989. The number of carbonyl (C=O) groups is 1. The molecule has 0 unspecified atom stereocenters. The molecule has 5 nitrogen and oxygen atoms in total. The molecule has 0 aliphatic rings. The number of nitrogens with one attached hydrogen (secondary N) is 1. The third kappa shape index (κ3) is 6.85. The van der Waals surface area contributed by atoms with Crippen LogP contribution in [0.25, 0.3) is 6.08 Å². The first-order valence-corrected chi connectivity index (χ1v) is 10.9. The van der Waals surface area contributed by atoms with Crippen LogP contribution in [0.2, 0.25) is 0 Å². The van der Waals surface area contributed by atoms with Crippen molar-refractivity contribution in [2.24, 2.45) is 0 Å². The van der Waals surface area contributed by atoms with E-state index in [1.54, 1.807) is 42.3 Å². The van der Waals surface area contributed by atoms with Crippen LogP contribution in [-0.2, 0) is 26.8 Å². The summed E-state index contributed by atoms with van der Waals surface area (Å²) in [6.07, 6.45) is 4.33. The van der Waals surface area contributed by atoms with Gasteiger partial charge in [-0.05, 0) is 40.3 Å². The lowest BCUT2D eigenvalue weighted by molar-refractivity contribution is -0.125. The van der Waals surface area contributed by atoms with Gasteiger partial charge in [0.15, 0.2) is 0 Å². The SMILES string of the molecule is CN(Cc1ccc(C(C)(C)C)cc1)C(=O)/C=C/c1ccc(NS(C)(=O)=O)cc1. The predicted octanol–water partition coefficient (Wildman–Crippen LogP) is 4.03. The predicted molar refractivity (Wildman–Crippen MR) is 116 cm³/mol. The van der Waals surface area contributed by atoms with E-state index in [0.717, 1.165) is 17.4 Å². The van der Waals surface area contributed by atoms with Crippen molar-refractivity contribution >= 4 is 27.7 Å². The number of sulfonamides is 1. The molecule has 0 aliphatic carbocycles. The summed E-state index contributed by atoms with van der Waals surface area (Å²) >= 11 is 0. The van der Waals surface area contributed by atoms with E-state index in [1.807, 2.05) is 0 Å². The Balaban J connectivity index is 1.96. The summed E-state index contributed by atoms with van der Waals surface area (Å²) < 4.78 is 24.8. The lowest BCUT2D eigenvalue weighted by Crippen LogP contribution is -2.24. The van der Waals surface area contributed by atoms with Crippen LogP contribution in [0, 0.1) is 0 Å². The van der Waals surface area contributed by atoms with E-state index in [9.17, 15) is 13.2 Å². The van der Waals surface area contributed by atoms with Gasteiger partial charge in [-0.15, -0.1) is 0 Å². The summed E-state index contributed by atoms with van der Waals surface area (Å²) in [5, 5.41) is 0. The summed E-state index contributed by atoms with van der Waals surface area (Å²) in [6, 6.07) is 15.1. The highest BCUT2D eigenvalue weighted by atomic mass is 32.2. The fourth-order valence-corrected chi connectivity index (χ4v) is 3.20. The molecule has 2 aromatic rings. The van der Waals surface area contributed by atoms with Gasteiger partial charge in [-0.25, -0.2) is 8.42 Å². The fraction of sp³-hybridized carbons (Fsp3) is 0.318. The average Bonchev–Trinajstić information content (AvgIpc) is 2.59. The van der Waals surface area contributed by atoms with Crippen molar-refractivity contribution in [2.45, 2.75) is 32.7 Å². The summed E-state index contributed by atoms with van der Waals surface area (Å²) in [5.41, 5.74) is 3.75. The van der Waals surface area contributed by atoms with Gasteiger partial charge in [-0.2, -0.15) is 0 Å². The minimum Gasteiger partial charge on any atom is -0.338 e. The molecule has 0 atom stereocenters. The van der Waals surface area contributed by atoms with Crippen LogP contribution < -0.4 is 4.72 Å². The molecule has 0 radical (unpaired) electrons. The minimum atomic E-state index is -3.30. The normalized spacial score (nSPS) is 12.2. The highest BCUT2D eigenvalue weighted by Gasteiger charge is 2.13. The van der Waals surface area contributed by atoms with E-state index in [-0.39, 0.29) is 11.3 Å². The Bertz CT molecular complexity index is 939. The van der Waals surface area contributed by atoms with Gasteiger partial charge >= 0.3 is 0 Å². The molecule has 0 fully saturated rings. The Morgan fingerprint density at radius 1 is 1.04 bits per heavy atom. The van der Waals surface area contributed by atoms with E-state index in [4.69, 9.17) is 0 Å². The van der Waals surface area contributed by atoms with Crippen LogP contribution in [0.1, 0.15) is 37.5 Å². The van der Waals surface area contributed by atoms with Crippen molar-refractivity contribution in [1.29, 1.82) is 0 Å². The van der Waals surface area contributed by atoms with E-state index in [0.29, 0.717) is 12.2 Å². The topological polar surface area (TPSA) is 66.5 Å². The molecule has 28 heavy (non-hydrogen) atoms. The Hall–Kier alpha value is -2.60. The second kappa shape index (κ2) is 8.61. The van der Waals surface area contributed by atoms with Gasteiger partial charge in [0.1, 0.15) is 0 Å². The maximum atomic E-state index is 12.3. The highest BCUT2D eigenvalue weighted by molar-refractivity contribution is 7.92. The summed E-state index contributed by atoms with van der Waals surface area (Å²) in [7, 11) is -1.53. The standard InChI is InChI=1S/C22H28N2O3S/c1-22(2,3)19-11-6-18(7-12-19)16-24(4)21(25)15-10-17-8-13-20(14-9-17)23-28(5,26)27/h6-15,23H,16H2,1-5H3/b15-10+. The second-order valence-corrected chi connectivity index (χ2v) is 9.72. The lowest BCUT2D eigenvalue weighted by Gasteiger charge is -2.20. The number of nitrogens with zero attached hydrogens (tertiary/aromatic N) is 1. The molecular formula is C22H28N2O3S. The highest BCUT2D eigenvalue weighted by Crippen LogP contribution is 2.22. The van der Waals surface area contributed by atoms with Crippen LogP contribution in [0.3, 0.4) is 0 Å². The van der Waals surface area contributed by atoms with Crippen LogP contribution in [0.5, 0.6) is 0 Å². The third-order valence-corrected chi connectivity index (χ3v) is 4.85. The van der Waals surface area contributed by atoms with Crippen molar-refractivity contribution in [3.8, 4) is 0 Å². The molecule has 2 aromatic carbocycles. The molecule has 0 aliphatic heterocycles. The molecule has 0 spiro atoms. The lowest BCUT2D eigenvalue weighted by atomic mass is 9.87. The summed E-state index contributed by atoms with van der Waals surface area (Å²) in [4.78, 5) is 14.0. The van der Waals surface area contributed by atoms with E-state index >= 15 is 0 Å². The van der Waals surface area contributed by atoms with Crippen LogP contribution in [0.15, 0.2) is 54.6 Å². The monoisotopic (exact) mass is 400 g/mol. The zero-order chi connectivity index (χ0) is 20.9. The molecule has 1 N–H and O–H groups in total. The third-order valence-electron chi connectivity index (χ3n) is 4.25. The first-order valence-electron chi connectivity index (χ1n) is 9.04. The number of hydrogen-bond acceptors (Lipinski definition) is 3. The number of anilines is 1. The Morgan fingerprint density at radius 3 is 2.11 bits per heavy atom. The van der Waals surface area contributed by atoms with Crippen LogP contribution in [-0.4, -0.2) is 32.5 Å². The van der Waals surface area contributed by atoms with Gasteiger partial charge in [0.2, 0.25) is 15.9 Å². The van der Waals surface area contributed by atoms with Gasteiger partial charge in [0.05, 0.1) is 6.26 Å². The molecule has 1 amide bonds. The summed E-state index contributed by atoms with van der Waals surface area (Å²) in [5.74, 6) is -0.0989. The Kier molecular flexibility index (Phi) is 6.67. The number of carbonyl (C=O) groups excluding carboxylic acids is 1. The smallest absolute Gasteiger partial charge is 0.246 e. The molecule has 0 bridgehead atoms. The van der Waals surface area contributed by atoms with Gasteiger partial charge in [-0.3, -0.25) is 9.52 Å². The quantitative estimate of drug-likeness (QED) is 0.745. The number of amides is 1. The number of likely N-dealkylation sites (N-methyl/N-ethyl adjacent to an activating group) is 1. The van der Waals surface area contributed by atoms with E-state index in [2.05, 4.69) is 49.8 Å². The molecule has 0 saturated carbocycles. The molecule has 150 valence electrons. The number of benzene rings is 2. The summed E-state index contributed by atoms with van der Waals surface area (Å²) in [6.45, 7) is 7.05. The maximum Gasteiger partial charge on any atom is 0.246 e. The molecule has 6 heteroatoms. The van der Waals surface area contributed by atoms with Crippen molar-refractivity contribution in [3.05, 3.63) is 71.3 Å². The maximum absolute atomic E-state index is 12.3. The number of rotatable bonds is 6. The van der Waals surface area contributed by atoms with E-state index < -0.39 is 10.0 Å². The van der Waals surface area contributed by atoms with Gasteiger partial charge in [0.25, 0.3) is 0 Å². The molecule has 0 heterocycles. The Morgan fingerprint density at radius 2 is 1.61 bits per heavy atom. The first kappa shape index (κ1) is 21.7. The van der Waals surface area contributed by atoms with Crippen molar-refractivity contribution in [2.75, 3.05) is 18.0 Å². The van der Waals surface area contributed by atoms with Crippen molar-refractivity contribution < 1.29 is 13.2 Å². The second-order valence-electron chi connectivity index (χ2n) is 7.97. The molecular weight excluding hydrogens is 372 g/mol. The zero-order valence-corrected chi connectivity index (χ0v) is 17.9. The van der Waals surface area contributed by atoms with Gasteiger partial charge < -0.3 is 4.90 Å². The zero-order valence-electron chi connectivity index (χ0n) is 17.1. The van der Waals surface area contributed by atoms with Crippen LogP contribution >= 0.6 is 0 Å². The molecule has 2 rings (SSSR count). The van der Waals surface area contributed by atoms with E-state index in [1.165, 1.54) is 11.6 Å². The van der Waals surface area contributed by atoms with Crippen molar-refractivity contribution in [3.63, 3.8) is 0 Å². The van der Waals surface area contributed by atoms with Gasteiger partial charge in [-0.1, -0.05) is 57.2 Å². The molecule has 0 saturated heterocycles. The average molecular weight is 401 g/mol. The van der Waals surface area contributed by atoms with Crippen LogP contribution in [0.4, 0.5) is 5.69 Å². The Labute approximate surface area is 168 Å². The van der Waals surface area contributed by atoms with Gasteiger partial charge in [0, 0.05) is 25.4 Å². The fourth-order valence-electron chi connectivity index (χ4n) is 2.63. The first-order chi connectivity index (χ1) is 12.9. The van der Waals surface area contributed by atoms with Crippen molar-refractivity contribution in [1.82, 2.24) is 4.90 Å². The number of hydrogen-bond donors (Lipinski definition) is 1.